The number of anilines is 2. The van der Waals surface area contributed by atoms with E-state index in [0.717, 1.165) is 83.0 Å². The number of rotatable bonds is 17. The first-order chi connectivity index (χ1) is 68.9. The standard InChI is InChI=1S/C26H35NO.C26H27NO.C24H31NO.C21H27NO.C13H18F3NO.C6H11NO.10ClH.5Zr/c2*1-26(2,3)23-13-7-12-21(25(23)28)17-27(4)24-14-8-11-20-15-18-9-5-6-10-19(18)16-22(20)24;1-24(2,3)21-10-6-9-19(23(21)26)15-25(4)22-12-11-18-13-16-7-5-8-17(16)14-20(18)22;1-21(2,3)18-12-6-10-16(20(18)23)14-22(4)19-13-7-9-15-8-5-11-17(15)19;1-12(2,3)10-7-5-6-9(11(10)18)8-17(4)13(14,15)16;1-3-6(5-8)4-7-2;;;;;;;;;;;;;;;/h7,12-13,15-16,24,28H,5-6,8-11,14,17H2,1-4H3;5-16,28H,17H2,1-4H3;6,9-10,13-14,22,26H,5,7-8,11-12,15H2,1-4H3;6-7,9-10,12-13,23H,5,8,11,14H2,1-4H3;5-7,18H,8H2,1-4H3;3,5,7-8H,1,4H2,2H3;10*1H;;;;;/q;;;;;;;;;;;;;;;;5*+2/p-10/b;;;;;6-5-;;;;;;;;;;;;;;;. The number of aliphatic hydroxyl groups excluding tert-OH is 1. The van der Waals surface area contributed by atoms with Crippen LogP contribution in [0.15, 0.2) is 213 Å². The Labute approximate surface area is 963 Å². The van der Waals surface area contributed by atoms with Gasteiger partial charge in [-0.15, -0.1) is 0 Å². The molecule has 11 aromatic rings. The molecule has 12 nitrogen and oxygen atoms in total. The third-order valence-corrected chi connectivity index (χ3v) is 27.0. The van der Waals surface area contributed by atoms with Crippen molar-refractivity contribution >= 4 is 118 Å². The molecule has 0 bridgehead atoms. The second-order valence-corrected chi connectivity index (χ2v) is 61.3. The number of para-hydroxylation sites is 5. The molecule has 7 N–H and O–H groups in total. The van der Waals surface area contributed by atoms with E-state index in [1.54, 1.807) is 57.2 Å². The molecule has 0 saturated carbocycles. The molecule has 790 valence electrons. The van der Waals surface area contributed by atoms with Crippen LogP contribution >= 0.6 is 85.1 Å². The van der Waals surface area contributed by atoms with Gasteiger partial charge < -0.3 is 45.8 Å². The van der Waals surface area contributed by atoms with Gasteiger partial charge in [0.2, 0.25) is 0 Å². The normalized spacial score (nSPS) is 14.3. The van der Waals surface area contributed by atoms with E-state index in [2.05, 4.69) is 276 Å². The summed E-state index contributed by atoms with van der Waals surface area (Å²) in [6.45, 7) is 38.2. The summed E-state index contributed by atoms with van der Waals surface area (Å²) in [5.41, 5.74) is 27.3. The molecule has 0 spiro atoms. The summed E-state index contributed by atoms with van der Waals surface area (Å²) < 4.78 is 37.3. The number of hydrogen-bond acceptors (Lipinski definition) is 12. The van der Waals surface area contributed by atoms with Crippen LogP contribution in [0, 0.1) is 0 Å². The zero-order chi connectivity index (χ0) is 109. The van der Waals surface area contributed by atoms with Gasteiger partial charge in [0.1, 0.15) is 28.7 Å². The topological polar surface area (TPSA) is 150 Å². The molecule has 0 radical (unpaired) electrons. The molecule has 5 aliphatic rings. The van der Waals surface area contributed by atoms with Crippen LogP contribution in [0.5, 0.6) is 28.7 Å². The number of nitrogens with one attached hydrogen (secondary N) is 1. The Hall–Kier alpha value is -3.23. The maximum absolute atomic E-state index is 12.4. The molecule has 5 aliphatic carbocycles. The summed E-state index contributed by atoms with van der Waals surface area (Å²) in [6, 6.07) is 66.4. The zero-order valence-corrected chi connectivity index (χ0v) is 108. The Balaban J connectivity index is 0.000000266. The van der Waals surface area contributed by atoms with Crippen LogP contribution in [0.25, 0.3) is 21.5 Å². The molecule has 16 rings (SSSR count). The Kier molecular flexibility index (Phi) is 57.5. The molecular weight excluding hydrogens is 2440 g/mol. The van der Waals surface area contributed by atoms with Crippen LogP contribution in [-0.2, 0) is 215 Å². The maximum atomic E-state index is 12.4. The third kappa shape index (κ3) is 39.8. The number of nitrogens with zero attached hydrogens (tertiary/aromatic N) is 5. The number of benzene rings is 11. The van der Waals surface area contributed by atoms with Crippen LogP contribution in [0.3, 0.4) is 0 Å². The van der Waals surface area contributed by atoms with E-state index >= 15 is 0 Å². The molecule has 0 fully saturated rings. The van der Waals surface area contributed by atoms with Gasteiger partial charge in [-0.05, 0) is 281 Å². The summed E-state index contributed by atoms with van der Waals surface area (Å²) in [4.78, 5) is 9.61. The summed E-state index contributed by atoms with van der Waals surface area (Å²) in [5.74, 6) is 1.75. The van der Waals surface area contributed by atoms with Crippen molar-refractivity contribution in [3.8, 4) is 28.7 Å². The van der Waals surface area contributed by atoms with Gasteiger partial charge >= 0.3 is 196 Å². The van der Waals surface area contributed by atoms with Gasteiger partial charge in [0.05, 0.1) is 6.26 Å². The number of fused-ring (bicyclic) bond motifs is 7. The minimum atomic E-state index is -4.40. The first kappa shape index (κ1) is 131. The van der Waals surface area contributed by atoms with Gasteiger partial charge in [-0.25, -0.2) is 4.90 Å². The molecule has 146 heavy (non-hydrogen) atoms. The Morgan fingerprint density at radius 2 is 0.671 bits per heavy atom. The average Bonchev–Trinajstić information content (AvgIpc) is 1.73. The second-order valence-electron chi connectivity index (χ2n) is 42.6. The number of halogens is 13. The minimum absolute atomic E-state index is 0.0425. The molecule has 2 atom stereocenters. The first-order valence-electron chi connectivity index (χ1n) is 49.3. The SMILES string of the molecule is C=C/C(=C/O)CNC.CN(Cc1cccc(C(C)(C)C)c1O)C(F)(F)F.CN(Cc1cccc(C(C)(C)C)c1O)C1CCCc2cc3c(cc21)CCCC3.CN(Cc1cccc(C(C)(C)C)c1O)C1CCc2cc3c(cc21)CCC3.CN(Cc1cccc(C(C)(C)C)c1O)c1cccc2c1CCC2.CN(Cc1cccc(C(C)(C)C)c1O)c1cccc2cc3ccccc3cc12.[Cl][Zr][Cl].[Cl][Zr][Cl].[Cl][Zr][Cl].[Cl][Zr][Cl].[Cl][Zr][Cl]. The molecule has 0 heterocycles. The van der Waals surface area contributed by atoms with Crippen LogP contribution in [-0.4, -0.2) is 100 Å². The van der Waals surface area contributed by atoms with Crippen LogP contribution < -0.4 is 15.1 Å². The number of aromatic hydroxyl groups is 5. The number of phenolic OH excluding ortho intramolecular Hbond substituents is 5. The number of likely N-dealkylation sites (N-methyl/N-ethyl adjacent to an activating group) is 1. The van der Waals surface area contributed by atoms with Gasteiger partial charge in [0.15, 0.2) is 0 Å². The van der Waals surface area contributed by atoms with Crippen molar-refractivity contribution in [1.82, 2.24) is 20.0 Å². The molecular formula is C116H149Cl10F3N6O6Zr5. The van der Waals surface area contributed by atoms with E-state index in [0.29, 0.717) is 53.7 Å². The van der Waals surface area contributed by atoms with Crippen molar-refractivity contribution in [3.05, 3.63) is 324 Å². The fraction of sp³-hybridized carbons (Fsp3) is 0.431. The van der Waals surface area contributed by atoms with Crippen LogP contribution in [0.2, 0.25) is 0 Å². The number of aliphatic hydroxyl groups is 1. The summed E-state index contributed by atoms with van der Waals surface area (Å²) in [7, 11) is 60.8. The zero-order valence-electron chi connectivity index (χ0n) is 88.6. The van der Waals surface area contributed by atoms with E-state index in [9.17, 15) is 38.7 Å². The van der Waals surface area contributed by atoms with Gasteiger partial charge in [0, 0.05) is 110 Å². The van der Waals surface area contributed by atoms with E-state index in [-0.39, 0.29) is 49.8 Å². The fourth-order valence-electron chi connectivity index (χ4n) is 19.6. The molecule has 0 amide bonds. The first-order valence-corrected chi connectivity index (χ1v) is 80.9. The molecule has 0 aromatic heterocycles. The predicted molar refractivity (Wildman–Crippen MR) is 600 cm³/mol. The summed E-state index contributed by atoms with van der Waals surface area (Å²) >= 11 is -4.13. The van der Waals surface area contributed by atoms with E-state index in [4.69, 9.17) is 90.2 Å². The molecule has 2 unspecified atom stereocenters. The quantitative estimate of drug-likeness (QED) is 0.0201. The van der Waals surface area contributed by atoms with E-state index in [1.165, 1.54) is 152 Å². The molecule has 30 heteroatoms. The molecule has 0 aliphatic heterocycles. The van der Waals surface area contributed by atoms with Gasteiger partial charge in [0.25, 0.3) is 0 Å². The van der Waals surface area contributed by atoms with Gasteiger partial charge in [-0.3, -0.25) is 9.80 Å². The number of aryl methyl sites for hydroxylation is 7. The van der Waals surface area contributed by atoms with Crippen molar-refractivity contribution in [3.63, 3.8) is 0 Å². The summed E-state index contributed by atoms with van der Waals surface area (Å²) in [5, 5.41) is 69.5. The van der Waals surface area contributed by atoms with Crippen molar-refractivity contribution in [1.29, 1.82) is 0 Å². The van der Waals surface area contributed by atoms with Crippen molar-refractivity contribution in [2.75, 3.05) is 58.6 Å². The van der Waals surface area contributed by atoms with E-state index in [1.807, 2.05) is 64.2 Å². The predicted octanol–water partition coefficient (Wildman–Crippen LogP) is 34.2. The van der Waals surface area contributed by atoms with Crippen LogP contribution in [0.1, 0.15) is 272 Å². The monoisotopic (exact) mass is 2580 g/mol. The van der Waals surface area contributed by atoms with Crippen molar-refractivity contribution < 1.29 is 148 Å². The fourth-order valence-corrected chi connectivity index (χ4v) is 19.6. The number of hydrogen-bond donors (Lipinski definition) is 7. The molecule has 0 saturated heterocycles. The number of alkyl halides is 3. The van der Waals surface area contributed by atoms with Gasteiger partial charge in [-0.2, -0.15) is 13.2 Å². The number of phenols is 5. The summed E-state index contributed by atoms with van der Waals surface area (Å²) in [6.07, 6.45) is 16.9. The third-order valence-electron chi connectivity index (χ3n) is 27.0. The second kappa shape index (κ2) is 63.8. The van der Waals surface area contributed by atoms with Crippen molar-refractivity contribution in [2.45, 2.75) is 278 Å². The van der Waals surface area contributed by atoms with Crippen molar-refractivity contribution in [2.24, 2.45) is 0 Å². The Bertz CT molecular complexity index is 5960. The Morgan fingerprint density at radius 3 is 1.05 bits per heavy atom. The molecule has 11 aromatic carbocycles. The van der Waals surface area contributed by atoms with Crippen LogP contribution in [0.4, 0.5) is 24.5 Å². The van der Waals surface area contributed by atoms with E-state index < -0.39 is 111 Å². The van der Waals surface area contributed by atoms with Gasteiger partial charge in [-0.1, -0.05) is 280 Å². The Morgan fingerprint density at radius 1 is 0.356 bits per heavy atom. The average molecular weight is 2590 g/mol.